The van der Waals surface area contributed by atoms with E-state index in [0.29, 0.717) is 13.0 Å². The summed E-state index contributed by atoms with van der Waals surface area (Å²) >= 11 is 0. The van der Waals surface area contributed by atoms with Crippen LogP contribution in [0.4, 0.5) is 4.39 Å². The average molecular weight is 149 g/mol. The average Bonchev–Trinajstić information content (AvgIpc) is 1.99. The zero-order valence-electron chi connectivity index (χ0n) is 5.31. The Morgan fingerprint density at radius 1 is 1.50 bits per heavy atom. The number of nitrogens with one attached hydrogen (secondary N) is 1. The van der Waals surface area contributed by atoms with E-state index >= 15 is 0 Å². The summed E-state index contributed by atoms with van der Waals surface area (Å²) in [6.45, 7) is 1.23. The molecule has 2 unspecified atom stereocenters. The zero-order valence-corrected chi connectivity index (χ0v) is 5.31. The molecule has 1 saturated heterocycles. The molecule has 10 heavy (non-hydrogen) atoms. The monoisotopic (exact) mass is 149 g/mol. The van der Waals surface area contributed by atoms with Crippen LogP contribution in [0.5, 0.6) is 0 Å². The van der Waals surface area contributed by atoms with E-state index in [9.17, 15) is 4.39 Å². The molecule has 1 heterocycles. The van der Waals surface area contributed by atoms with Crippen LogP contribution >= 0.6 is 0 Å². The zero-order chi connectivity index (χ0) is 6.69. The highest BCUT2D eigenvalue weighted by Gasteiger charge is 2.19. The summed E-state index contributed by atoms with van der Waals surface area (Å²) in [6.07, 6.45) is -0.473. The first-order valence-corrected chi connectivity index (χ1v) is 3.33. The van der Waals surface area contributed by atoms with E-state index in [1.54, 1.807) is 0 Å². The molecule has 3 heteroatoms. The molecular formula is C7H16FNO. The van der Waals surface area contributed by atoms with Gasteiger partial charge in [-0.2, -0.15) is 0 Å². The Morgan fingerprint density at radius 3 is 2.90 bits per heavy atom. The van der Waals surface area contributed by atoms with E-state index in [0.717, 1.165) is 13.0 Å². The first-order chi connectivity index (χ1) is 4.30. The summed E-state index contributed by atoms with van der Waals surface area (Å²) < 4.78 is 12.5. The van der Waals surface area contributed by atoms with Crippen molar-refractivity contribution in [2.75, 3.05) is 13.1 Å². The van der Waals surface area contributed by atoms with Crippen molar-refractivity contribution in [3.8, 4) is 0 Å². The number of hydrogen-bond donors (Lipinski definition) is 2. The van der Waals surface area contributed by atoms with Crippen LogP contribution in [0.2, 0.25) is 0 Å². The maximum absolute atomic E-state index is 12.5. The number of halogens is 1. The van der Waals surface area contributed by atoms with Gasteiger partial charge in [0.1, 0.15) is 6.17 Å². The second-order valence-corrected chi connectivity index (χ2v) is 2.43. The Hall–Kier alpha value is -0.150. The lowest BCUT2D eigenvalue weighted by molar-refractivity contribution is 0.0813. The van der Waals surface area contributed by atoms with Gasteiger partial charge in [-0.1, -0.05) is 7.43 Å². The number of rotatable bonds is 0. The predicted molar refractivity (Wildman–Crippen MR) is 39.7 cm³/mol. The molecule has 62 valence electrons. The van der Waals surface area contributed by atoms with E-state index in [2.05, 4.69) is 5.32 Å². The molecule has 0 aromatic rings. The van der Waals surface area contributed by atoms with Gasteiger partial charge in [-0.15, -0.1) is 0 Å². The summed E-state index contributed by atoms with van der Waals surface area (Å²) in [7, 11) is 0. The molecular weight excluding hydrogens is 133 g/mol. The van der Waals surface area contributed by atoms with Crippen LogP contribution in [-0.2, 0) is 0 Å². The summed E-state index contributed by atoms with van der Waals surface area (Å²) in [6, 6.07) is 0. The van der Waals surface area contributed by atoms with Crippen LogP contribution < -0.4 is 5.32 Å². The number of alkyl halides is 1. The first kappa shape index (κ1) is 9.85. The Labute approximate surface area is 61.4 Å². The Balaban J connectivity index is 0.000000810. The molecule has 0 amide bonds. The summed E-state index contributed by atoms with van der Waals surface area (Å²) in [5.74, 6) is 0. The normalized spacial score (nSPS) is 34.2. The van der Waals surface area contributed by atoms with E-state index in [1.807, 2.05) is 0 Å². The molecule has 0 saturated carbocycles. The second-order valence-electron chi connectivity index (χ2n) is 2.43. The smallest absolute Gasteiger partial charge is 0.127 e. The lowest BCUT2D eigenvalue weighted by Gasteiger charge is -2.09. The molecule has 0 bridgehead atoms. The van der Waals surface area contributed by atoms with Gasteiger partial charge in [-0.3, -0.25) is 0 Å². The van der Waals surface area contributed by atoms with Crippen LogP contribution in [0, 0.1) is 0 Å². The third-order valence-corrected chi connectivity index (χ3v) is 1.60. The molecule has 2 atom stereocenters. The van der Waals surface area contributed by atoms with Gasteiger partial charge in [0.2, 0.25) is 0 Å². The number of hydrogen-bond acceptors (Lipinski definition) is 2. The van der Waals surface area contributed by atoms with E-state index in [4.69, 9.17) is 5.11 Å². The van der Waals surface area contributed by atoms with Crippen molar-refractivity contribution in [3.63, 3.8) is 0 Å². The van der Waals surface area contributed by atoms with Gasteiger partial charge in [0, 0.05) is 6.54 Å². The molecule has 2 nitrogen and oxygen atoms in total. The highest BCUT2D eigenvalue weighted by Crippen LogP contribution is 2.08. The minimum atomic E-state index is -1.01. The molecule has 0 aromatic carbocycles. The van der Waals surface area contributed by atoms with Crippen molar-refractivity contribution in [1.29, 1.82) is 0 Å². The van der Waals surface area contributed by atoms with Crippen LogP contribution in [0.25, 0.3) is 0 Å². The first-order valence-electron chi connectivity index (χ1n) is 3.33. The molecule has 1 fully saturated rings. The van der Waals surface area contributed by atoms with Gasteiger partial charge in [0.05, 0.1) is 6.10 Å². The van der Waals surface area contributed by atoms with Crippen molar-refractivity contribution < 1.29 is 9.50 Å². The number of aliphatic hydroxyl groups is 1. The van der Waals surface area contributed by atoms with E-state index in [1.165, 1.54) is 0 Å². The van der Waals surface area contributed by atoms with Crippen molar-refractivity contribution in [3.05, 3.63) is 0 Å². The van der Waals surface area contributed by atoms with Crippen LogP contribution in [0.15, 0.2) is 0 Å². The van der Waals surface area contributed by atoms with Gasteiger partial charge < -0.3 is 10.4 Å². The molecule has 2 N–H and O–H groups in total. The highest BCUT2D eigenvalue weighted by molar-refractivity contribution is 4.73. The fourth-order valence-corrected chi connectivity index (χ4v) is 0.992. The molecule has 0 spiro atoms. The van der Waals surface area contributed by atoms with Gasteiger partial charge in [-0.25, -0.2) is 4.39 Å². The predicted octanol–water partition coefficient (Wildman–Crippen LogP) is 0.705. The minimum absolute atomic E-state index is 0. The maximum Gasteiger partial charge on any atom is 0.127 e. The largest absolute Gasteiger partial charge is 0.389 e. The summed E-state index contributed by atoms with van der Waals surface area (Å²) in [4.78, 5) is 0. The molecule has 1 rings (SSSR count). The lowest BCUT2D eigenvalue weighted by atomic mass is 10.1. The summed E-state index contributed by atoms with van der Waals surface area (Å²) in [5.41, 5.74) is 0. The standard InChI is InChI=1S/C6H12FNO.CH4/c7-5-2-1-3-8-4-6(5)9;/h5-6,8-9H,1-4H2;1H4. The van der Waals surface area contributed by atoms with E-state index in [-0.39, 0.29) is 7.43 Å². The van der Waals surface area contributed by atoms with Crippen LogP contribution in [0.1, 0.15) is 20.3 Å². The third-order valence-electron chi connectivity index (χ3n) is 1.60. The number of aliphatic hydroxyl groups excluding tert-OH is 1. The van der Waals surface area contributed by atoms with Gasteiger partial charge in [0.15, 0.2) is 0 Å². The fourth-order valence-electron chi connectivity index (χ4n) is 0.992. The highest BCUT2D eigenvalue weighted by atomic mass is 19.1. The van der Waals surface area contributed by atoms with Gasteiger partial charge in [-0.05, 0) is 19.4 Å². The van der Waals surface area contributed by atoms with Gasteiger partial charge >= 0.3 is 0 Å². The van der Waals surface area contributed by atoms with Crippen molar-refractivity contribution in [1.82, 2.24) is 5.32 Å². The third kappa shape index (κ3) is 2.62. The Morgan fingerprint density at radius 2 is 2.20 bits per heavy atom. The molecule has 0 aliphatic carbocycles. The SMILES string of the molecule is C.OC1CNCCCC1F. The molecule has 0 radical (unpaired) electrons. The van der Waals surface area contributed by atoms with Crippen LogP contribution in [-0.4, -0.2) is 30.5 Å². The fraction of sp³-hybridized carbons (Fsp3) is 1.00. The number of β-amino-alcohol motifs (C(OH)–C–C–N with tert-alkyl or cyclic N) is 1. The quantitative estimate of drug-likeness (QED) is 0.531. The lowest BCUT2D eigenvalue weighted by Crippen LogP contribution is -2.30. The van der Waals surface area contributed by atoms with E-state index < -0.39 is 12.3 Å². The van der Waals surface area contributed by atoms with Crippen molar-refractivity contribution in [2.45, 2.75) is 32.5 Å². The van der Waals surface area contributed by atoms with Gasteiger partial charge in [0.25, 0.3) is 0 Å². The molecule has 0 aromatic heterocycles. The summed E-state index contributed by atoms with van der Waals surface area (Å²) in [5, 5.41) is 11.9. The maximum atomic E-state index is 12.5. The van der Waals surface area contributed by atoms with Crippen molar-refractivity contribution >= 4 is 0 Å². The van der Waals surface area contributed by atoms with Crippen LogP contribution in [0.3, 0.4) is 0 Å². The minimum Gasteiger partial charge on any atom is -0.389 e. The Bertz CT molecular complexity index is 79.7. The Kier molecular flexibility index (Phi) is 4.56. The molecule has 1 aliphatic heterocycles. The van der Waals surface area contributed by atoms with Crippen molar-refractivity contribution in [2.24, 2.45) is 0 Å². The second kappa shape index (κ2) is 4.63. The molecule has 1 aliphatic rings. The topological polar surface area (TPSA) is 32.3 Å².